The molecule has 2 aromatic carbocycles. The molecule has 0 spiro atoms. The molecule has 0 bridgehead atoms. The van der Waals surface area contributed by atoms with Crippen LogP contribution >= 0.6 is 22.9 Å². The summed E-state index contributed by atoms with van der Waals surface area (Å²) in [6, 6.07) is 14.5. The number of ether oxygens (including phenoxy) is 1. The summed E-state index contributed by atoms with van der Waals surface area (Å²) in [4.78, 5) is 28.0. The largest absolute Gasteiger partial charge is 0.492 e. The molecule has 2 atom stereocenters. The third-order valence-corrected chi connectivity index (χ3v) is 6.33. The van der Waals surface area contributed by atoms with Gasteiger partial charge in [0.15, 0.2) is 5.00 Å². The van der Waals surface area contributed by atoms with Gasteiger partial charge in [0, 0.05) is 29.2 Å². The van der Waals surface area contributed by atoms with E-state index in [0.717, 1.165) is 22.5 Å². The number of carbonyl (C=O) groups excluding carboxylic acids is 1. The Kier molecular flexibility index (Phi) is 8.47. The standard InChI is InChI=1S/C25H30ClN3O5S/c1-15(29(12-13-30)24(33)34-25(2,3)4)20(17-6-5-7-18(26)14-17)16-8-10-19(11-9-16)27-22-21(31)28-23(32)35-22/h5-11,14-15,20,27,30-31H,12-13H2,1-4H3,(H,28,32)/t15?,20-/m1/s1. The molecular formula is C25H30ClN3O5S. The van der Waals surface area contributed by atoms with Gasteiger partial charge in [-0.2, -0.15) is 0 Å². The molecule has 0 aliphatic rings. The molecule has 1 aromatic heterocycles. The van der Waals surface area contributed by atoms with Gasteiger partial charge in [-0.05, 0) is 63.1 Å². The lowest BCUT2D eigenvalue weighted by Crippen LogP contribution is -2.46. The van der Waals surface area contributed by atoms with Crippen LogP contribution in [-0.2, 0) is 4.74 Å². The first-order valence-electron chi connectivity index (χ1n) is 11.1. The Hall–Kier alpha value is -3.01. The van der Waals surface area contributed by atoms with Crippen LogP contribution in [0.2, 0.25) is 5.02 Å². The number of aromatic amines is 1. The number of aliphatic hydroxyl groups is 1. The van der Waals surface area contributed by atoms with Gasteiger partial charge in [-0.3, -0.25) is 9.78 Å². The van der Waals surface area contributed by atoms with E-state index in [9.17, 15) is 19.8 Å². The predicted molar refractivity (Wildman–Crippen MR) is 139 cm³/mol. The quantitative estimate of drug-likeness (QED) is 0.321. The maximum atomic E-state index is 13.0. The minimum absolute atomic E-state index is 0.110. The van der Waals surface area contributed by atoms with Crippen molar-refractivity contribution in [3.8, 4) is 5.88 Å². The Labute approximate surface area is 213 Å². The van der Waals surface area contributed by atoms with E-state index >= 15 is 0 Å². The molecule has 1 heterocycles. The van der Waals surface area contributed by atoms with Crippen LogP contribution < -0.4 is 10.2 Å². The van der Waals surface area contributed by atoms with Crippen LogP contribution in [0.3, 0.4) is 0 Å². The van der Waals surface area contributed by atoms with Gasteiger partial charge < -0.3 is 25.2 Å². The van der Waals surface area contributed by atoms with Crippen molar-refractivity contribution in [3.63, 3.8) is 0 Å². The first kappa shape index (κ1) is 26.6. The van der Waals surface area contributed by atoms with E-state index in [0.29, 0.717) is 15.7 Å². The highest BCUT2D eigenvalue weighted by molar-refractivity contribution is 7.13. The molecule has 1 unspecified atom stereocenters. The average Bonchev–Trinajstić information content (AvgIpc) is 3.08. The highest BCUT2D eigenvalue weighted by Crippen LogP contribution is 2.34. The second-order valence-corrected chi connectivity index (χ2v) is 10.5. The highest BCUT2D eigenvalue weighted by atomic mass is 35.5. The zero-order valence-corrected chi connectivity index (χ0v) is 21.6. The number of nitrogens with one attached hydrogen (secondary N) is 2. The zero-order valence-electron chi connectivity index (χ0n) is 20.0. The first-order chi connectivity index (χ1) is 16.5. The molecule has 0 aliphatic heterocycles. The minimum atomic E-state index is -0.682. The van der Waals surface area contributed by atoms with Crippen molar-refractivity contribution >= 4 is 39.7 Å². The lowest BCUT2D eigenvalue weighted by Gasteiger charge is -2.36. The number of anilines is 2. The smallest absolute Gasteiger partial charge is 0.410 e. The molecule has 0 aliphatic carbocycles. The number of nitrogens with zero attached hydrogens (tertiary/aromatic N) is 1. The maximum absolute atomic E-state index is 13.0. The molecule has 4 N–H and O–H groups in total. The van der Waals surface area contributed by atoms with Crippen LogP contribution in [0.5, 0.6) is 5.88 Å². The van der Waals surface area contributed by atoms with E-state index in [4.69, 9.17) is 16.3 Å². The first-order valence-corrected chi connectivity index (χ1v) is 12.3. The molecule has 188 valence electrons. The van der Waals surface area contributed by atoms with Crippen LogP contribution in [0.15, 0.2) is 53.3 Å². The van der Waals surface area contributed by atoms with Gasteiger partial charge in [0.2, 0.25) is 5.88 Å². The number of aromatic hydroxyl groups is 1. The van der Waals surface area contributed by atoms with Crippen LogP contribution in [0, 0.1) is 0 Å². The zero-order chi connectivity index (χ0) is 25.8. The molecule has 3 aromatic rings. The number of halogens is 1. The van der Waals surface area contributed by atoms with Gasteiger partial charge in [-0.25, -0.2) is 4.79 Å². The topological polar surface area (TPSA) is 115 Å². The normalized spacial score (nSPS) is 13.2. The molecule has 0 saturated heterocycles. The average molecular weight is 520 g/mol. The van der Waals surface area contributed by atoms with Crippen LogP contribution in [0.1, 0.15) is 44.7 Å². The summed E-state index contributed by atoms with van der Waals surface area (Å²) in [7, 11) is 0. The highest BCUT2D eigenvalue weighted by Gasteiger charge is 2.32. The van der Waals surface area contributed by atoms with E-state index < -0.39 is 11.7 Å². The number of carbonyl (C=O) groups is 1. The van der Waals surface area contributed by atoms with Crippen molar-refractivity contribution in [3.05, 3.63) is 74.3 Å². The van der Waals surface area contributed by atoms with Gasteiger partial charge in [0.1, 0.15) is 5.60 Å². The molecule has 1 amide bonds. The van der Waals surface area contributed by atoms with Crippen molar-refractivity contribution in [2.24, 2.45) is 0 Å². The lowest BCUT2D eigenvalue weighted by molar-refractivity contribution is 0.0124. The fourth-order valence-electron chi connectivity index (χ4n) is 3.83. The Balaban J connectivity index is 1.97. The number of aliphatic hydroxyl groups excluding tert-OH is 1. The SMILES string of the molecule is CC([C@H](c1ccc(Nc2sc(=O)[nH]c2O)cc1)c1cccc(Cl)c1)N(CCO)C(=O)OC(C)(C)C. The monoisotopic (exact) mass is 519 g/mol. The number of hydrogen-bond donors (Lipinski definition) is 4. The lowest BCUT2D eigenvalue weighted by atomic mass is 9.85. The van der Waals surface area contributed by atoms with Gasteiger partial charge in [0.05, 0.1) is 6.61 Å². The second-order valence-electron chi connectivity index (χ2n) is 9.11. The summed E-state index contributed by atoms with van der Waals surface area (Å²) in [5.41, 5.74) is 1.80. The van der Waals surface area contributed by atoms with E-state index in [1.165, 1.54) is 4.90 Å². The number of aromatic nitrogens is 1. The Bertz CT molecular complexity index is 1200. The number of hydrogen-bond acceptors (Lipinski definition) is 7. The number of H-pyrrole nitrogens is 1. The van der Waals surface area contributed by atoms with E-state index in [1.807, 2.05) is 49.4 Å². The fraction of sp³-hybridized carbons (Fsp3) is 0.360. The Morgan fingerprint density at radius 3 is 2.43 bits per heavy atom. The summed E-state index contributed by atoms with van der Waals surface area (Å²) < 4.78 is 5.61. The van der Waals surface area contributed by atoms with E-state index in [2.05, 4.69) is 10.3 Å². The summed E-state index contributed by atoms with van der Waals surface area (Å²) >= 11 is 7.17. The number of rotatable bonds is 8. The van der Waals surface area contributed by atoms with Crippen molar-refractivity contribution in [2.45, 2.75) is 45.3 Å². The van der Waals surface area contributed by atoms with Crippen LogP contribution in [0.25, 0.3) is 0 Å². The van der Waals surface area contributed by atoms with Gasteiger partial charge in [-0.15, -0.1) is 0 Å². The van der Waals surface area contributed by atoms with Crippen LogP contribution in [-0.4, -0.2) is 51.0 Å². The van der Waals surface area contributed by atoms with Gasteiger partial charge in [0.25, 0.3) is 0 Å². The Morgan fingerprint density at radius 2 is 1.89 bits per heavy atom. The predicted octanol–water partition coefficient (Wildman–Crippen LogP) is 5.29. The molecular weight excluding hydrogens is 490 g/mol. The molecule has 8 nitrogen and oxygen atoms in total. The van der Waals surface area contributed by atoms with Crippen molar-refractivity contribution in [1.29, 1.82) is 0 Å². The summed E-state index contributed by atoms with van der Waals surface area (Å²) in [5.74, 6) is -0.495. The fourth-order valence-corrected chi connectivity index (χ4v) is 4.68. The second kappa shape index (κ2) is 11.2. The van der Waals surface area contributed by atoms with Crippen molar-refractivity contribution < 1.29 is 19.7 Å². The number of amides is 1. The molecule has 0 radical (unpaired) electrons. The van der Waals surface area contributed by atoms with Crippen molar-refractivity contribution in [1.82, 2.24) is 9.88 Å². The maximum Gasteiger partial charge on any atom is 0.410 e. The van der Waals surface area contributed by atoms with Crippen LogP contribution in [0.4, 0.5) is 15.5 Å². The third-order valence-electron chi connectivity index (χ3n) is 5.31. The molecule has 10 heteroatoms. The van der Waals surface area contributed by atoms with E-state index in [1.54, 1.807) is 26.8 Å². The molecule has 3 rings (SSSR count). The van der Waals surface area contributed by atoms with Crippen molar-refractivity contribution in [2.75, 3.05) is 18.5 Å². The van der Waals surface area contributed by atoms with Gasteiger partial charge in [-0.1, -0.05) is 47.2 Å². The van der Waals surface area contributed by atoms with Gasteiger partial charge >= 0.3 is 11.0 Å². The Morgan fingerprint density at radius 1 is 1.20 bits per heavy atom. The molecule has 35 heavy (non-hydrogen) atoms. The summed E-state index contributed by atoms with van der Waals surface area (Å²) in [6.45, 7) is 7.20. The number of benzene rings is 2. The number of thiazole rings is 1. The van der Waals surface area contributed by atoms with E-state index in [-0.39, 0.29) is 35.9 Å². The third kappa shape index (κ3) is 7.00. The molecule has 0 fully saturated rings. The summed E-state index contributed by atoms with van der Waals surface area (Å²) in [5, 5.41) is 23.4. The summed E-state index contributed by atoms with van der Waals surface area (Å²) in [6.07, 6.45) is -0.512. The molecule has 0 saturated carbocycles. The minimum Gasteiger partial charge on any atom is -0.492 e.